The highest BCUT2D eigenvalue weighted by Crippen LogP contribution is 2.19. The fourth-order valence-electron chi connectivity index (χ4n) is 2.16. The fraction of sp³-hybridized carbons (Fsp3) is 1.00. The molecule has 0 saturated heterocycles. The third-order valence-electron chi connectivity index (χ3n) is 3.89. The van der Waals surface area contributed by atoms with Gasteiger partial charge in [0, 0.05) is 11.6 Å². The molecule has 1 saturated carbocycles. The maximum atomic E-state index is 3.74. The van der Waals surface area contributed by atoms with Gasteiger partial charge in [0.25, 0.3) is 0 Å². The van der Waals surface area contributed by atoms with Gasteiger partial charge in [0.1, 0.15) is 0 Å². The van der Waals surface area contributed by atoms with Crippen LogP contribution in [0.15, 0.2) is 0 Å². The van der Waals surface area contributed by atoms with Gasteiger partial charge in [-0.3, -0.25) is 0 Å². The Labute approximate surface area is 95.2 Å². The molecule has 1 aliphatic carbocycles. The third kappa shape index (κ3) is 4.52. The zero-order chi connectivity index (χ0) is 11.1. The lowest BCUT2D eigenvalue weighted by Crippen LogP contribution is -2.44. The maximum absolute atomic E-state index is 3.74. The molecule has 1 rings (SSSR count). The molecule has 0 aliphatic heterocycles. The topological polar surface area (TPSA) is 24.1 Å². The quantitative estimate of drug-likeness (QED) is 0.574. The molecule has 0 aromatic heterocycles. The smallest absolute Gasteiger partial charge is 0.0173 e. The Balaban J connectivity index is 2.04. The largest absolute Gasteiger partial charge is 0.314 e. The molecule has 0 atom stereocenters. The zero-order valence-corrected chi connectivity index (χ0v) is 10.7. The summed E-state index contributed by atoms with van der Waals surface area (Å²) in [6, 6.07) is 0.860. The molecule has 0 spiro atoms. The minimum Gasteiger partial charge on any atom is -0.314 e. The van der Waals surface area contributed by atoms with Crippen LogP contribution in [0.4, 0.5) is 0 Å². The van der Waals surface area contributed by atoms with E-state index in [0.717, 1.165) is 12.6 Å². The van der Waals surface area contributed by atoms with Crippen LogP contribution < -0.4 is 10.6 Å². The third-order valence-corrected chi connectivity index (χ3v) is 3.89. The standard InChI is InChI=1S/C13H28N2/c1-4-13(5-2,6-3)15-11-7-10-14-12-8-9-12/h12,14-15H,4-11H2,1-3H3. The molecular formula is C13H28N2. The Morgan fingerprint density at radius 1 is 1.00 bits per heavy atom. The molecule has 0 radical (unpaired) electrons. The summed E-state index contributed by atoms with van der Waals surface area (Å²) in [4.78, 5) is 0. The Hall–Kier alpha value is -0.0800. The van der Waals surface area contributed by atoms with Crippen LogP contribution in [0.5, 0.6) is 0 Å². The molecule has 2 heteroatoms. The molecule has 2 N–H and O–H groups in total. The van der Waals surface area contributed by atoms with E-state index in [2.05, 4.69) is 31.4 Å². The van der Waals surface area contributed by atoms with Crippen molar-refractivity contribution in [3.63, 3.8) is 0 Å². The first kappa shape index (κ1) is 13.0. The van der Waals surface area contributed by atoms with Gasteiger partial charge in [-0.25, -0.2) is 0 Å². The zero-order valence-electron chi connectivity index (χ0n) is 10.7. The van der Waals surface area contributed by atoms with Crippen LogP contribution in [0.2, 0.25) is 0 Å². The van der Waals surface area contributed by atoms with E-state index < -0.39 is 0 Å². The lowest BCUT2D eigenvalue weighted by molar-refractivity contribution is 0.289. The minimum atomic E-state index is 0.402. The summed E-state index contributed by atoms with van der Waals surface area (Å²) in [6.07, 6.45) is 7.80. The summed E-state index contributed by atoms with van der Waals surface area (Å²) in [5.41, 5.74) is 0.402. The molecule has 0 aromatic carbocycles. The second kappa shape index (κ2) is 6.49. The Morgan fingerprint density at radius 2 is 1.60 bits per heavy atom. The molecule has 0 amide bonds. The highest BCUT2D eigenvalue weighted by molar-refractivity contribution is 4.84. The number of hydrogen-bond acceptors (Lipinski definition) is 2. The molecule has 0 bridgehead atoms. The average molecular weight is 212 g/mol. The van der Waals surface area contributed by atoms with Gasteiger partial charge in [-0.1, -0.05) is 20.8 Å². The van der Waals surface area contributed by atoms with Gasteiger partial charge in [-0.05, 0) is 51.6 Å². The Kier molecular flexibility index (Phi) is 5.62. The van der Waals surface area contributed by atoms with Gasteiger partial charge >= 0.3 is 0 Å². The van der Waals surface area contributed by atoms with E-state index in [9.17, 15) is 0 Å². The SMILES string of the molecule is CCC(CC)(CC)NCCCNC1CC1. The van der Waals surface area contributed by atoms with Crippen molar-refractivity contribution in [2.24, 2.45) is 0 Å². The maximum Gasteiger partial charge on any atom is 0.0173 e. The Bertz CT molecular complexity index is 152. The van der Waals surface area contributed by atoms with Gasteiger partial charge in [-0.15, -0.1) is 0 Å². The molecular weight excluding hydrogens is 184 g/mol. The monoisotopic (exact) mass is 212 g/mol. The lowest BCUT2D eigenvalue weighted by Gasteiger charge is -2.32. The van der Waals surface area contributed by atoms with Crippen molar-refractivity contribution < 1.29 is 0 Å². The van der Waals surface area contributed by atoms with Crippen molar-refractivity contribution in [3.8, 4) is 0 Å². The first-order chi connectivity index (χ1) is 7.26. The fourth-order valence-corrected chi connectivity index (χ4v) is 2.16. The first-order valence-corrected chi connectivity index (χ1v) is 6.74. The predicted molar refractivity (Wildman–Crippen MR) is 67.2 cm³/mol. The van der Waals surface area contributed by atoms with E-state index in [0.29, 0.717) is 5.54 Å². The van der Waals surface area contributed by atoms with Crippen molar-refractivity contribution in [1.82, 2.24) is 10.6 Å². The molecule has 2 nitrogen and oxygen atoms in total. The second-order valence-electron chi connectivity index (χ2n) is 4.85. The van der Waals surface area contributed by atoms with E-state index in [1.165, 1.54) is 45.1 Å². The van der Waals surface area contributed by atoms with Crippen molar-refractivity contribution in [2.75, 3.05) is 13.1 Å². The van der Waals surface area contributed by atoms with Crippen LogP contribution >= 0.6 is 0 Å². The van der Waals surface area contributed by atoms with Crippen molar-refractivity contribution in [2.45, 2.75) is 70.9 Å². The summed E-state index contributed by atoms with van der Waals surface area (Å²) in [5, 5.41) is 7.29. The predicted octanol–water partition coefficient (Wildman–Crippen LogP) is 2.69. The molecule has 0 aromatic rings. The highest BCUT2D eigenvalue weighted by Gasteiger charge is 2.22. The molecule has 90 valence electrons. The summed E-state index contributed by atoms with van der Waals surface area (Å²) in [7, 11) is 0. The molecule has 15 heavy (non-hydrogen) atoms. The highest BCUT2D eigenvalue weighted by atomic mass is 15.0. The average Bonchev–Trinajstić information content (AvgIpc) is 3.08. The number of nitrogens with one attached hydrogen (secondary N) is 2. The van der Waals surface area contributed by atoms with E-state index in [1.54, 1.807) is 0 Å². The molecule has 0 heterocycles. The molecule has 1 fully saturated rings. The van der Waals surface area contributed by atoms with Crippen LogP contribution in [0.1, 0.15) is 59.3 Å². The van der Waals surface area contributed by atoms with Crippen molar-refractivity contribution >= 4 is 0 Å². The lowest BCUT2D eigenvalue weighted by atomic mass is 9.90. The van der Waals surface area contributed by atoms with Crippen LogP contribution in [-0.2, 0) is 0 Å². The van der Waals surface area contributed by atoms with Crippen molar-refractivity contribution in [3.05, 3.63) is 0 Å². The molecule has 1 aliphatic rings. The summed E-state index contributed by atoms with van der Waals surface area (Å²) in [5.74, 6) is 0. The van der Waals surface area contributed by atoms with Crippen LogP contribution in [-0.4, -0.2) is 24.7 Å². The van der Waals surface area contributed by atoms with Gasteiger partial charge < -0.3 is 10.6 Å². The van der Waals surface area contributed by atoms with Gasteiger partial charge in [-0.2, -0.15) is 0 Å². The van der Waals surface area contributed by atoms with E-state index >= 15 is 0 Å². The van der Waals surface area contributed by atoms with Gasteiger partial charge in [0.2, 0.25) is 0 Å². The van der Waals surface area contributed by atoms with Crippen LogP contribution in [0, 0.1) is 0 Å². The van der Waals surface area contributed by atoms with Crippen molar-refractivity contribution in [1.29, 1.82) is 0 Å². The van der Waals surface area contributed by atoms with E-state index in [1.807, 2.05) is 0 Å². The van der Waals surface area contributed by atoms with E-state index in [-0.39, 0.29) is 0 Å². The first-order valence-electron chi connectivity index (χ1n) is 6.74. The summed E-state index contributed by atoms with van der Waals surface area (Å²) >= 11 is 0. The number of rotatable bonds is 9. The van der Waals surface area contributed by atoms with Gasteiger partial charge in [0.05, 0.1) is 0 Å². The Morgan fingerprint density at radius 3 is 2.07 bits per heavy atom. The normalized spacial score (nSPS) is 17.0. The van der Waals surface area contributed by atoms with Crippen LogP contribution in [0.3, 0.4) is 0 Å². The van der Waals surface area contributed by atoms with E-state index in [4.69, 9.17) is 0 Å². The second-order valence-corrected chi connectivity index (χ2v) is 4.85. The minimum absolute atomic E-state index is 0.402. The number of hydrogen-bond donors (Lipinski definition) is 2. The summed E-state index contributed by atoms with van der Waals surface area (Å²) < 4.78 is 0. The molecule has 0 unspecified atom stereocenters. The summed E-state index contributed by atoms with van der Waals surface area (Å²) in [6.45, 7) is 9.23. The van der Waals surface area contributed by atoms with Gasteiger partial charge in [0.15, 0.2) is 0 Å². The van der Waals surface area contributed by atoms with Crippen LogP contribution in [0.25, 0.3) is 0 Å².